The minimum atomic E-state index is -0.0532. The molecular formula is C22H25N3O. The highest BCUT2D eigenvalue weighted by Gasteiger charge is 2.30. The Morgan fingerprint density at radius 2 is 1.92 bits per heavy atom. The van der Waals surface area contributed by atoms with Crippen LogP contribution in [-0.4, -0.2) is 15.9 Å². The van der Waals surface area contributed by atoms with Crippen LogP contribution in [0.15, 0.2) is 42.6 Å². The van der Waals surface area contributed by atoms with Crippen LogP contribution in [0, 0.1) is 19.8 Å². The highest BCUT2D eigenvalue weighted by atomic mass is 16.1. The summed E-state index contributed by atoms with van der Waals surface area (Å²) in [7, 11) is 0. The molecule has 0 spiro atoms. The van der Waals surface area contributed by atoms with Crippen molar-refractivity contribution >= 4 is 16.8 Å². The van der Waals surface area contributed by atoms with Gasteiger partial charge in [-0.3, -0.25) is 9.78 Å². The van der Waals surface area contributed by atoms with Gasteiger partial charge in [0.2, 0.25) is 0 Å². The Morgan fingerprint density at radius 1 is 1.15 bits per heavy atom. The molecule has 1 amide bonds. The Kier molecular flexibility index (Phi) is 4.49. The molecule has 1 unspecified atom stereocenters. The van der Waals surface area contributed by atoms with Gasteiger partial charge in [0.05, 0.1) is 11.7 Å². The molecule has 1 saturated carbocycles. The fraction of sp³-hybridized carbons (Fsp3) is 0.364. The first-order chi connectivity index (χ1) is 12.6. The predicted octanol–water partition coefficient (Wildman–Crippen LogP) is 4.84. The lowest BCUT2D eigenvalue weighted by Crippen LogP contribution is -2.34. The van der Waals surface area contributed by atoms with Crippen LogP contribution in [0.4, 0.5) is 0 Å². The second kappa shape index (κ2) is 6.94. The quantitative estimate of drug-likeness (QED) is 0.709. The lowest BCUT2D eigenvalue weighted by atomic mass is 9.92. The number of aromatic nitrogens is 2. The maximum atomic E-state index is 13.0. The Morgan fingerprint density at radius 3 is 2.65 bits per heavy atom. The molecule has 4 heteroatoms. The van der Waals surface area contributed by atoms with E-state index in [2.05, 4.69) is 41.3 Å². The molecule has 1 aromatic carbocycles. The molecule has 1 atom stereocenters. The van der Waals surface area contributed by atoms with Crippen LogP contribution in [-0.2, 0) is 0 Å². The average Bonchev–Trinajstić information content (AvgIpc) is 3.31. The van der Waals surface area contributed by atoms with Crippen molar-refractivity contribution in [2.24, 2.45) is 5.92 Å². The molecule has 134 valence electrons. The number of hydrogen-bond donors (Lipinski definition) is 2. The van der Waals surface area contributed by atoms with Gasteiger partial charge in [0.25, 0.3) is 5.91 Å². The lowest BCUT2D eigenvalue weighted by molar-refractivity contribution is 0.0916. The molecule has 4 rings (SSSR count). The van der Waals surface area contributed by atoms with Crippen molar-refractivity contribution in [1.29, 1.82) is 0 Å². The van der Waals surface area contributed by atoms with Gasteiger partial charge in [0.1, 0.15) is 5.69 Å². The van der Waals surface area contributed by atoms with E-state index in [1.807, 2.05) is 30.5 Å². The van der Waals surface area contributed by atoms with Crippen LogP contribution in [0.2, 0.25) is 0 Å². The molecule has 2 heterocycles. The lowest BCUT2D eigenvalue weighted by Gasteiger charge is -2.25. The van der Waals surface area contributed by atoms with Crippen molar-refractivity contribution in [3.63, 3.8) is 0 Å². The zero-order valence-electron chi connectivity index (χ0n) is 15.4. The van der Waals surface area contributed by atoms with Gasteiger partial charge in [-0.15, -0.1) is 0 Å². The first kappa shape index (κ1) is 16.8. The average molecular weight is 347 g/mol. The number of amides is 1. The standard InChI is InChI=1S/C22H25N3O/c1-14-7-5-11-17-13-18(24-19(14)17)22(26)25-21(16-9-3-4-10-16)20-15(2)8-6-12-23-20/h5-8,11-13,16,21,24H,3-4,9-10H2,1-2H3,(H,25,26). The molecule has 2 aromatic heterocycles. The summed E-state index contributed by atoms with van der Waals surface area (Å²) >= 11 is 0. The molecule has 1 aliphatic carbocycles. The fourth-order valence-corrected chi connectivity index (χ4v) is 4.17. The topological polar surface area (TPSA) is 57.8 Å². The van der Waals surface area contributed by atoms with E-state index in [1.54, 1.807) is 0 Å². The molecule has 1 aliphatic rings. The number of benzene rings is 1. The summed E-state index contributed by atoms with van der Waals surface area (Å²) in [5, 5.41) is 4.35. The van der Waals surface area contributed by atoms with E-state index in [1.165, 1.54) is 12.8 Å². The minimum Gasteiger partial charge on any atom is -0.350 e. The van der Waals surface area contributed by atoms with Gasteiger partial charge in [0.15, 0.2) is 0 Å². The van der Waals surface area contributed by atoms with Gasteiger partial charge in [-0.25, -0.2) is 0 Å². The number of para-hydroxylation sites is 1. The fourth-order valence-electron chi connectivity index (χ4n) is 4.17. The van der Waals surface area contributed by atoms with Crippen LogP contribution < -0.4 is 5.32 Å². The number of nitrogens with zero attached hydrogens (tertiary/aromatic N) is 1. The maximum Gasteiger partial charge on any atom is 0.268 e. The second-order valence-corrected chi connectivity index (χ2v) is 7.42. The van der Waals surface area contributed by atoms with Crippen molar-refractivity contribution < 1.29 is 4.79 Å². The third-order valence-corrected chi connectivity index (χ3v) is 5.61. The van der Waals surface area contributed by atoms with E-state index in [0.717, 1.165) is 40.6 Å². The molecular weight excluding hydrogens is 322 g/mol. The summed E-state index contributed by atoms with van der Waals surface area (Å²) in [6.45, 7) is 4.13. The van der Waals surface area contributed by atoms with Crippen molar-refractivity contribution in [1.82, 2.24) is 15.3 Å². The number of carbonyl (C=O) groups excluding carboxylic acids is 1. The molecule has 0 aliphatic heterocycles. The summed E-state index contributed by atoms with van der Waals surface area (Å²) in [5.74, 6) is 0.404. The van der Waals surface area contributed by atoms with Crippen molar-refractivity contribution in [3.8, 4) is 0 Å². The van der Waals surface area contributed by atoms with Gasteiger partial charge in [-0.1, -0.05) is 37.1 Å². The Bertz CT molecular complexity index is 937. The van der Waals surface area contributed by atoms with Gasteiger partial charge in [0, 0.05) is 17.1 Å². The van der Waals surface area contributed by atoms with Crippen LogP contribution in [0.5, 0.6) is 0 Å². The maximum absolute atomic E-state index is 13.0. The van der Waals surface area contributed by atoms with E-state index in [9.17, 15) is 4.79 Å². The van der Waals surface area contributed by atoms with Crippen molar-refractivity contribution in [2.75, 3.05) is 0 Å². The van der Waals surface area contributed by atoms with E-state index in [0.29, 0.717) is 11.6 Å². The van der Waals surface area contributed by atoms with E-state index < -0.39 is 0 Å². The van der Waals surface area contributed by atoms with Gasteiger partial charge in [-0.05, 0) is 55.9 Å². The highest BCUT2D eigenvalue weighted by Crippen LogP contribution is 2.36. The number of fused-ring (bicyclic) bond motifs is 1. The van der Waals surface area contributed by atoms with E-state index in [-0.39, 0.29) is 11.9 Å². The number of H-pyrrole nitrogens is 1. The molecule has 3 aromatic rings. The van der Waals surface area contributed by atoms with Crippen LogP contribution in [0.1, 0.15) is 59.0 Å². The SMILES string of the molecule is Cc1cccnc1C(NC(=O)c1cc2cccc(C)c2[nH]1)C1CCCC1. The van der Waals surface area contributed by atoms with Crippen LogP contribution in [0.25, 0.3) is 10.9 Å². The normalized spacial score (nSPS) is 16.1. The summed E-state index contributed by atoms with van der Waals surface area (Å²) < 4.78 is 0. The smallest absolute Gasteiger partial charge is 0.268 e. The molecule has 26 heavy (non-hydrogen) atoms. The monoisotopic (exact) mass is 347 g/mol. The molecule has 2 N–H and O–H groups in total. The van der Waals surface area contributed by atoms with Gasteiger partial charge >= 0.3 is 0 Å². The third kappa shape index (κ3) is 3.12. The third-order valence-electron chi connectivity index (χ3n) is 5.61. The van der Waals surface area contributed by atoms with Crippen molar-refractivity contribution in [2.45, 2.75) is 45.6 Å². The Labute approximate surface area is 154 Å². The summed E-state index contributed by atoms with van der Waals surface area (Å²) in [6.07, 6.45) is 6.57. The zero-order valence-corrected chi connectivity index (χ0v) is 15.4. The summed E-state index contributed by atoms with van der Waals surface area (Å²) in [6, 6.07) is 12.0. The molecule has 0 radical (unpaired) electrons. The van der Waals surface area contributed by atoms with Gasteiger partial charge < -0.3 is 10.3 Å². The number of pyridine rings is 1. The Balaban J connectivity index is 1.65. The molecule has 0 saturated heterocycles. The largest absolute Gasteiger partial charge is 0.350 e. The number of carbonyl (C=O) groups is 1. The van der Waals surface area contributed by atoms with E-state index >= 15 is 0 Å². The van der Waals surface area contributed by atoms with Crippen molar-refractivity contribution in [3.05, 3.63) is 65.1 Å². The minimum absolute atomic E-state index is 0.0290. The zero-order chi connectivity index (χ0) is 18.1. The number of aryl methyl sites for hydroxylation is 2. The molecule has 0 bridgehead atoms. The van der Waals surface area contributed by atoms with E-state index in [4.69, 9.17) is 0 Å². The number of aromatic amines is 1. The molecule has 4 nitrogen and oxygen atoms in total. The summed E-state index contributed by atoms with van der Waals surface area (Å²) in [5.41, 5.74) is 4.93. The first-order valence-electron chi connectivity index (χ1n) is 9.44. The molecule has 1 fully saturated rings. The summed E-state index contributed by atoms with van der Waals surface area (Å²) in [4.78, 5) is 20.9. The van der Waals surface area contributed by atoms with Crippen LogP contribution >= 0.6 is 0 Å². The predicted molar refractivity (Wildman–Crippen MR) is 104 cm³/mol. The van der Waals surface area contributed by atoms with Crippen LogP contribution in [0.3, 0.4) is 0 Å². The second-order valence-electron chi connectivity index (χ2n) is 7.42. The number of rotatable bonds is 4. The Hall–Kier alpha value is -2.62. The first-order valence-corrected chi connectivity index (χ1v) is 9.44. The number of hydrogen-bond acceptors (Lipinski definition) is 2. The van der Waals surface area contributed by atoms with Gasteiger partial charge in [-0.2, -0.15) is 0 Å². The number of nitrogens with one attached hydrogen (secondary N) is 2. The highest BCUT2D eigenvalue weighted by molar-refractivity contribution is 5.98.